The molecule has 1 amide bonds. The van der Waals surface area contributed by atoms with Crippen molar-refractivity contribution in [3.05, 3.63) is 46.2 Å². The van der Waals surface area contributed by atoms with Crippen LogP contribution in [0.4, 0.5) is 0 Å². The summed E-state index contributed by atoms with van der Waals surface area (Å²) < 4.78 is 28.0. The van der Waals surface area contributed by atoms with Crippen molar-refractivity contribution in [3.8, 4) is 5.75 Å². The van der Waals surface area contributed by atoms with Gasteiger partial charge in [0.05, 0.1) is 23.6 Å². The third kappa shape index (κ3) is 3.65. The summed E-state index contributed by atoms with van der Waals surface area (Å²) in [5, 5.41) is 9.82. The summed E-state index contributed by atoms with van der Waals surface area (Å²) in [5.41, 5.74) is 0.123. The van der Waals surface area contributed by atoms with Crippen molar-refractivity contribution >= 4 is 27.3 Å². The molecule has 0 aliphatic heterocycles. The number of primary sulfonamides is 1. The maximum absolute atomic E-state index is 12.4. The Hall–Kier alpha value is -1.90. The zero-order chi connectivity index (χ0) is 16.3. The first kappa shape index (κ1) is 16.5. The molecule has 6 nitrogen and oxygen atoms in total. The molecule has 1 heterocycles. The molecule has 0 spiro atoms. The molecule has 0 aliphatic rings. The average Bonchev–Trinajstić information content (AvgIpc) is 2.99. The molecule has 1 unspecified atom stereocenters. The summed E-state index contributed by atoms with van der Waals surface area (Å²) in [5.74, 6) is -0.147. The van der Waals surface area contributed by atoms with E-state index in [0.29, 0.717) is 0 Å². The van der Waals surface area contributed by atoms with E-state index in [9.17, 15) is 13.2 Å². The molecule has 0 bridgehead atoms. The molecule has 0 fully saturated rings. The Balaban J connectivity index is 2.31. The topological polar surface area (TPSA) is 98.5 Å². The van der Waals surface area contributed by atoms with Gasteiger partial charge in [0.25, 0.3) is 5.91 Å². The quantitative estimate of drug-likeness (QED) is 0.868. The minimum atomic E-state index is -3.89. The number of thiophene rings is 1. The zero-order valence-electron chi connectivity index (χ0n) is 12.1. The van der Waals surface area contributed by atoms with E-state index in [1.165, 1.54) is 36.6 Å². The van der Waals surface area contributed by atoms with Crippen LogP contribution in [0.15, 0.2) is 40.6 Å². The van der Waals surface area contributed by atoms with Crippen LogP contribution >= 0.6 is 11.3 Å². The van der Waals surface area contributed by atoms with Gasteiger partial charge in [0.15, 0.2) is 0 Å². The van der Waals surface area contributed by atoms with Gasteiger partial charge >= 0.3 is 0 Å². The second kappa shape index (κ2) is 6.47. The minimum absolute atomic E-state index is 0.123. The monoisotopic (exact) mass is 340 g/mol. The van der Waals surface area contributed by atoms with Crippen LogP contribution in [0.3, 0.4) is 0 Å². The van der Waals surface area contributed by atoms with Gasteiger partial charge in [0.1, 0.15) is 5.75 Å². The molecule has 1 aromatic carbocycles. The minimum Gasteiger partial charge on any atom is -0.496 e. The van der Waals surface area contributed by atoms with Gasteiger partial charge in [-0.05, 0) is 36.6 Å². The zero-order valence-corrected chi connectivity index (χ0v) is 13.7. The fourth-order valence-electron chi connectivity index (χ4n) is 1.92. The molecule has 0 aliphatic carbocycles. The highest BCUT2D eigenvalue weighted by Gasteiger charge is 2.19. The standard InChI is InChI=1S/C14H16N2O4S2/c1-9(13-4-3-7-21-13)16-14(17)11-8-10(22(15,18)19)5-6-12(11)20-2/h3-9H,1-2H3,(H,16,17)(H2,15,18,19). The van der Waals surface area contributed by atoms with Gasteiger partial charge in [-0.25, -0.2) is 13.6 Å². The Morgan fingerprint density at radius 2 is 2.09 bits per heavy atom. The Bertz CT molecular complexity index is 770. The molecule has 8 heteroatoms. The SMILES string of the molecule is COc1ccc(S(N)(=O)=O)cc1C(=O)NC(C)c1cccs1. The van der Waals surface area contributed by atoms with Gasteiger partial charge in [-0.15, -0.1) is 11.3 Å². The van der Waals surface area contributed by atoms with Crippen LogP contribution in [-0.4, -0.2) is 21.4 Å². The number of amides is 1. The summed E-state index contributed by atoms with van der Waals surface area (Å²) in [4.78, 5) is 13.2. The lowest BCUT2D eigenvalue weighted by atomic mass is 10.1. The van der Waals surface area contributed by atoms with Crippen molar-refractivity contribution < 1.29 is 17.9 Å². The van der Waals surface area contributed by atoms with E-state index in [4.69, 9.17) is 9.88 Å². The average molecular weight is 340 g/mol. The van der Waals surface area contributed by atoms with E-state index in [-0.39, 0.29) is 22.3 Å². The predicted octanol–water partition coefficient (Wildman–Crippen LogP) is 1.90. The Morgan fingerprint density at radius 1 is 1.36 bits per heavy atom. The van der Waals surface area contributed by atoms with Gasteiger partial charge in [0.2, 0.25) is 10.0 Å². The number of carbonyl (C=O) groups is 1. The maximum atomic E-state index is 12.4. The fraction of sp³-hybridized carbons (Fsp3) is 0.214. The molecule has 0 saturated carbocycles. The van der Waals surface area contributed by atoms with Gasteiger partial charge in [-0.2, -0.15) is 0 Å². The third-order valence-electron chi connectivity index (χ3n) is 3.06. The number of sulfonamides is 1. The predicted molar refractivity (Wildman–Crippen MR) is 84.6 cm³/mol. The van der Waals surface area contributed by atoms with Crippen molar-refractivity contribution in [2.24, 2.45) is 5.14 Å². The van der Waals surface area contributed by atoms with Crippen molar-refractivity contribution in [3.63, 3.8) is 0 Å². The van der Waals surface area contributed by atoms with E-state index in [2.05, 4.69) is 5.32 Å². The molecule has 118 valence electrons. The highest BCUT2D eigenvalue weighted by Crippen LogP contribution is 2.24. The first-order valence-electron chi connectivity index (χ1n) is 6.38. The van der Waals surface area contributed by atoms with Crippen LogP contribution in [0.2, 0.25) is 0 Å². The summed E-state index contributed by atoms with van der Waals surface area (Å²) >= 11 is 1.52. The summed E-state index contributed by atoms with van der Waals surface area (Å²) in [6, 6.07) is 7.52. The molecule has 2 rings (SSSR count). The number of benzene rings is 1. The third-order valence-corrected chi connectivity index (χ3v) is 5.03. The Kier molecular flexibility index (Phi) is 4.84. The second-order valence-corrected chi connectivity index (χ2v) is 7.16. The summed E-state index contributed by atoms with van der Waals surface area (Å²) in [6.07, 6.45) is 0. The van der Waals surface area contributed by atoms with Crippen LogP contribution in [0, 0.1) is 0 Å². The van der Waals surface area contributed by atoms with Crippen LogP contribution in [-0.2, 0) is 10.0 Å². The van der Waals surface area contributed by atoms with Crippen molar-refractivity contribution in [2.75, 3.05) is 7.11 Å². The highest BCUT2D eigenvalue weighted by molar-refractivity contribution is 7.89. The lowest BCUT2D eigenvalue weighted by molar-refractivity contribution is 0.0937. The Morgan fingerprint density at radius 3 is 2.64 bits per heavy atom. The molecule has 0 saturated heterocycles. The summed E-state index contributed by atoms with van der Waals surface area (Å²) in [7, 11) is -2.48. The number of methoxy groups -OCH3 is 1. The molecule has 1 aromatic heterocycles. The molecule has 2 aromatic rings. The normalized spacial score (nSPS) is 12.7. The molecule has 22 heavy (non-hydrogen) atoms. The number of hydrogen-bond donors (Lipinski definition) is 2. The largest absolute Gasteiger partial charge is 0.496 e. The van der Waals surface area contributed by atoms with Crippen molar-refractivity contribution in [2.45, 2.75) is 17.9 Å². The van der Waals surface area contributed by atoms with Gasteiger partial charge < -0.3 is 10.1 Å². The van der Waals surface area contributed by atoms with E-state index in [1.807, 2.05) is 24.4 Å². The smallest absolute Gasteiger partial charge is 0.255 e. The van der Waals surface area contributed by atoms with Crippen molar-refractivity contribution in [1.82, 2.24) is 5.32 Å². The molecule has 1 atom stereocenters. The van der Waals surface area contributed by atoms with Crippen LogP contribution in [0.5, 0.6) is 5.75 Å². The van der Waals surface area contributed by atoms with E-state index in [0.717, 1.165) is 4.88 Å². The maximum Gasteiger partial charge on any atom is 0.255 e. The lowest BCUT2D eigenvalue weighted by Gasteiger charge is -2.14. The van der Waals surface area contributed by atoms with Gasteiger partial charge in [-0.3, -0.25) is 4.79 Å². The molecular weight excluding hydrogens is 324 g/mol. The lowest BCUT2D eigenvalue weighted by Crippen LogP contribution is -2.27. The van der Waals surface area contributed by atoms with Gasteiger partial charge in [-0.1, -0.05) is 6.07 Å². The number of hydrogen-bond acceptors (Lipinski definition) is 5. The van der Waals surface area contributed by atoms with Gasteiger partial charge in [0, 0.05) is 4.88 Å². The number of ether oxygens (including phenoxy) is 1. The first-order valence-corrected chi connectivity index (χ1v) is 8.80. The highest BCUT2D eigenvalue weighted by atomic mass is 32.2. The first-order chi connectivity index (χ1) is 10.3. The van der Waals surface area contributed by atoms with E-state index >= 15 is 0 Å². The van der Waals surface area contributed by atoms with Crippen LogP contribution in [0.25, 0.3) is 0 Å². The van der Waals surface area contributed by atoms with Crippen molar-refractivity contribution in [1.29, 1.82) is 0 Å². The molecule has 3 N–H and O–H groups in total. The summed E-state index contributed by atoms with van der Waals surface area (Å²) in [6.45, 7) is 1.85. The number of nitrogens with one attached hydrogen (secondary N) is 1. The van der Waals surface area contributed by atoms with E-state index in [1.54, 1.807) is 0 Å². The number of carbonyl (C=O) groups excluding carboxylic acids is 1. The van der Waals surface area contributed by atoms with E-state index < -0.39 is 15.9 Å². The molecule has 0 radical (unpaired) electrons. The van der Waals surface area contributed by atoms with Crippen LogP contribution < -0.4 is 15.2 Å². The van der Waals surface area contributed by atoms with Crippen LogP contribution in [0.1, 0.15) is 28.2 Å². The fourth-order valence-corrected chi connectivity index (χ4v) is 3.20. The Labute approximate surface area is 133 Å². The second-order valence-electron chi connectivity index (χ2n) is 4.62. The number of rotatable bonds is 5. The molecular formula is C14H16N2O4S2. The number of nitrogens with two attached hydrogens (primary N) is 1.